The molecule has 0 unspecified atom stereocenters. The highest BCUT2D eigenvalue weighted by atomic mass is 16.3. The normalized spacial score (nSPS) is 30.9. The number of carbonyl (C=O) groups excluding carboxylic acids is 3. The number of aliphatic hydroxyl groups is 2. The monoisotopic (exact) mass is 803 g/mol. The molecule has 326 valence electrons. The molecule has 0 radical (unpaired) electrons. The number of amides is 3. The van der Waals surface area contributed by atoms with Gasteiger partial charge in [0, 0.05) is 58.5 Å². The second-order valence-electron chi connectivity index (χ2n) is 18.3. The Kier molecular flexibility index (Phi) is 18.2. The third-order valence-corrected chi connectivity index (χ3v) is 14.7. The molecule has 0 heterocycles. The molecule has 13 N–H and O–H groups in total. The average Bonchev–Trinajstić information content (AvgIpc) is 3.53. The zero-order valence-electron chi connectivity index (χ0n) is 35.4. The molecule has 0 aromatic carbocycles. The van der Waals surface area contributed by atoms with Gasteiger partial charge in [-0.25, -0.2) is 0 Å². The summed E-state index contributed by atoms with van der Waals surface area (Å²) in [5, 5.41) is 31.6. The van der Waals surface area contributed by atoms with Gasteiger partial charge in [-0.2, -0.15) is 0 Å². The van der Waals surface area contributed by atoms with Gasteiger partial charge in [0.1, 0.15) is 0 Å². The van der Waals surface area contributed by atoms with E-state index in [2.05, 4.69) is 46.7 Å². The summed E-state index contributed by atoms with van der Waals surface area (Å²) in [4.78, 5) is 47.7. The van der Waals surface area contributed by atoms with Crippen molar-refractivity contribution >= 4 is 29.6 Å². The molecule has 4 saturated carbocycles. The summed E-state index contributed by atoms with van der Waals surface area (Å²) in [5.74, 6) is 3.01. The maximum atomic E-state index is 12.8. The molecular weight excluding hydrogens is 725 g/mol. The Labute approximate surface area is 341 Å². The fourth-order valence-corrected chi connectivity index (χ4v) is 11.6. The lowest BCUT2D eigenvalue weighted by Crippen LogP contribution is -2.58. The predicted octanol–water partition coefficient (Wildman–Crippen LogP) is 1.93. The first-order chi connectivity index (χ1) is 27.2. The Morgan fingerprint density at radius 2 is 1.37 bits per heavy atom. The second kappa shape index (κ2) is 22.3. The van der Waals surface area contributed by atoms with E-state index in [-0.39, 0.29) is 65.5 Å². The standard InChI is InChI=1S/C42H78N10O5/c1-28(32-11-12-33-31-10-9-29-26-30(53)16-17-41(29,2)34(31)27-35(54)42(32,33)3)8-13-36(55)48-20-4-18-47-19-5-21-49-37(56)14-15-38(57)52(24-6-22-50-39(43)44)25-7-23-51-40(45)46/h28-35,47,53-54H,4-27H2,1-3H3,(H,48,55)(H,49,56)(H4,43,44,50)(H4,45,46,51)/t28-,29-,30-,31+,32-,33+,34+,35+,41+,42-/m1/s1. The fourth-order valence-electron chi connectivity index (χ4n) is 11.6. The van der Waals surface area contributed by atoms with Crippen LogP contribution in [0.3, 0.4) is 0 Å². The predicted molar refractivity (Wildman–Crippen MR) is 226 cm³/mol. The van der Waals surface area contributed by atoms with E-state index in [1.54, 1.807) is 4.90 Å². The number of fused-ring (bicyclic) bond motifs is 5. The molecule has 15 heteroatoms. The van der Waals surface area contributed by atoms with Gasteiger partial charge in [-0.15, -0.1) is 0 Å². The number of nitrogens with zero attached hydrogens (tertiary/aromatic N) is 3. The van der Waals surface area contributed by atoms with Crippen LogP contribution in [0.25, 0.3) is 0 Å². The zero-order chi connectivity index (χ0) is 41.6. The van der Waals surface area contributed by atoms with Crippen LogP contribution in [0.15, 0.2) is 9.98 Å². The maximum Gasteiger partial charge on any atom is 0.223 e. The highest BCUT2D eigenvalue weighted by Crippen LogP contribution is 2.68. The van der Waals surface area contributed by atoms with Crippen molar-refractivity contribution in [2.24, 2.45) is 79.3 Å². The number of aliphatic imine (C=N–C) groups is 2. The smallest absolute Gasteiger partial charge is 0.223 e. The van der Waals surface area contributed by atoms with E-state index < -0.39 is 0 Å². The van der Waals surface area contributed by atoms with Crippen molar-refractivity contribution in [3.8, 4) is 0 Å². The van der Waals surface area contributed by atoms with Crippen LogP contribution in [-0.4, -0.2) is 109 Å². The van der Waals surface area contributed by atoms with Gasteiger partial charge in [0.25, 0.3) is 0 Å². The number of carbonyl (C=O) groups is 3. The van der Waals surface area contributed by atoms with E-state index in [0.29, 0.717) is 94.0 Å². The van der Waals surface area contributed by atoms with E-state index in [1.807, 2.05) is 0 Å². The summed E-state index contributed by atoms with van der Waals surface area (Å²) in [6.07, 6.45) is 12.5. The molecule has 57 heavy (non-hydrogen) atoms. The van der Waals surface area contributed by atoms with E-state index in [1.165, 1.54) is 19.3 Å². The van der Waals surface area contributed by atoms with Crippen molar-refractivity contribution in [3.05, 3.63) is 0 Å². The second-order valence-corrected chi connectivity index (χ2v) is 18.3. The molecule has 0 spiro atoms. The van der Waals surface area contributed by atoms with Gasteiger partial charge in [0.15, 0.2) is 11.9 Å². The fraction of sp³-hybridized carbons (Fsp3) is 0.881. The van der Waals surface area contributed by atoms with Gasteiger partial charge >= 0.3 is 0 Å². The van der Waals surface area contributed by atoms with Gasteiger partial charge in [0.2, 0.25) is 17.7 Å². The number of rotatable bonds is 23. The minimum Gasteiger partial charge on any atom is -0.393 e. The van der Waals surface area contributed by atoms with E-state index in [9.17, 15) is 24.6 Å². The van der Waals surface area contributed by atoms with Gasteiger partial charge in [-0.1, -0.05) is 20.8 Å². The summed E-state index contributed by atoms with van der Waals surface area (Å²) >= 11 is 0. The van der Waals surface area contributed by atoms with Crippen LogP contribution in [-0.2, 0) is 14.4 Å². The third kappa shape index (κ3) is 12.9. The molecule has 0 saturated heterocycles. The van der Waals surface area contributed by atoms with Crippen LogP contribution >= 0.6 is 0 Å². The van der Waals surface area contributed by atoms with Crippen LogP contribution in [0.4, 0.5) is 0 Å². The molecule has 0 aromatic heterocycles. The molecule has 0 aromatic rings. The highest BCUT2D eigenvalue weighted by Gasteiger charge is 2.63. The lowest BCUT2D eigenvalue weighted by atomic mass is 9.43. The van der Waals surface area contributed by atoms with Crippen LogP contribution < -0.4 is 38.9 Å². The van der Waals surface area contributed by atoms with Gasteiger partial charge in [-0.3, -0.25) is 24.4 Å². The SMILES string of the molecule is C[C@H](CCC(=O)NCCCNCCCNC(=O)CCC(=O)N(CCCN=C(N)N)CCCN=C(N)N)[C@H]1CC[C@H]2[C@@H]3CC[C@@H]4C[C@H](O)CC[C@]4(C)[C@H]3C[C@H](O)[C@]12C. The molecular formula is C42H78N10O5. The number of nitrogens with two attached hydrogens (primary N) is 4. The first-order valence-corrected chi connectivity index (χ1v) is 22.2. The topological polar surface area (TPSA) is 260 Å². The number of hydrogen-bond donors (Lipinski definition) is 9. The van der Waals surface area contributed by atoms with Crippen molar-refractivity contribution in [1.29, 1.82) is 0 Å². The Morgan fingerprint density at radius 3 is 1.98 bits per heavy atom. The summed E-state index contributed by atoms with van der Waals surface area (Å²) in [6, 6.07) is 0. The largest absolute Gasteiger partial charge is 0.393 e. The lowest BCUT2D eigenvalue weighted by Gasteiger charge is -2.62. The Morgan fingerprint density at radius 1 is 0.754 bits per heavy atom. The summed E-state index contributed by atoms with van der Waals surface area (Å²) in [7, 11) is 0. The minimum absolute atomic E-state index is 0.00830. The molecule has 4 rings (SSSR count). The third-order valence-electron chi connectivity index (χ3n) is 14.7. The molecule has 10 atom stereocenters. The lowest BCUT2D eigenvalue weighted by molar-refractivity contribution is -0.174. The van der Waals surface area contributed by atoms with E-state index >= 15 is 0 Å². The Balaban J connectivity index is 1.05. The quantitative estimate of drug-likeness (QED) is 0.0412. The number of guanidine groups is 2. The highest BCUT2D eigenvalue weighted by molar-refractivity contribution is 5.83. The van der Waals surface area contributed by atoms with Crippen molar-refractivity contribution in [2.75, 3.05) is 52.4 Å². The average molecular weight is 803 g/mol. The minimum atomic E-state index is -0.300. The van der Waals surface area contributed by atoms with Gasteiger partial charge in [-0.05, 0) is 143 Å². The summed E-state index contributed by atoms with van der Waals surface area (Å²) in [6.45, 7) is 11.5. The molecule has 3 amide bonds. The van der Waals surface area contributed by atoms with Crippen LogP contribution in [0.2, 0.25) is 0 Å². The summed E-state index contributed by atoms with van der Waals surface area (Å²) in [5.41, 5.74) is 21.7. The van der Waals surface area contributed by atoms with Crippen LogP contribution in [0.5, 0.6) is 0 Å². The van der Waals surface area contributed by atoms with E-state index in [4.69, 9.17) is 22.9 Å². The molecule has 15 nitrogen and oxygen atoms in total. The first-order valence-electron chi connectivity index (χ1n) is 22.2. The van der Waals surface area contributed by atoms with Crippen molar-refractivity contribution in [1.82, 2.24) is 20.9 Å². The number of nitrogens with one attached hydrogen (secondary N) is 3. The maximum absolute atomic E-state index is 12.8. The summed E-state index contributed by atoms with van der Waals surface area (Å²) < 4.78 is 0. The molecule has 0 bridgehead atoms. The Bertz CT molecular complexity index is 1330. The van der Waals surface area contributed by atoms with Crippen LogP contribution in [0.1, 0.15) is 124 Å². The number of aliphatic hydroxyl groups excluding tert-OH is 2. The number of hydrogen-bond acceptors (Lipinski definition) is 8. The molecule has 0 aliphatic heterocycles. The first kappa shape index (κ1) is 46.5. The van der Waals surface area contributed by atoms with Gasteiger partial charge in [0.05, 0.1) is 12.2 Å². The molecule has 4 aliphatic rings. The van der Waals surface area contributed by atoms with Gasteiger partial charge < -0.3 is 54.0 Å². The zero-order valence-corrected chi connectivity index (χ0v) is 35.4. The molecule has 4 aliphatic carbocycles. The van der Waals surface area contributed by atoms with Crippen molar-refractivity contribution in [3.63, 3.8) is 0 Å². The Hall–Kier alpha value is -3.17. The molecule has 4 fully saturated rings. The van der Waals surface area contributed by atoms with Crippen LogP contribution in [0, 0.1) is 46.3 Å². The van der Waals surface area contributed by atoms with Crippen molar-refractivity contribution < 1.29 is 24.6 Å². The van der Waals surface area contributed by atoms with Crippen molar-refractivity contribution in [2.45, 2.75) is 136 Å². The van der Waals surface area contributed by atoms with E-state index in [0.717, 1.165) is 64.5 Å².